The van der Waals surface area contributed by atoms with Gasteiger partial charge in [0.15, 0.2) is 0 Å². The summed E-state index contributed by atoms with van der Waals surface area (Å²) in [6.45, 7) is 4.71. The first kappa shape index (κ1) is 14.3. The lowest BCUT2D eigenvalue weighted by Gasteiger charge is -2.20. The molecule has 0 bridgehead atoms. The second-order valence-electron chi connectivity index (χ2n) is 4.49. The molecule has 0 aromatic heterocycles. The van der Waals surface area contributed by atoms with Crippen LogP contribution in [0.25, 0.3) is 0 Å². The van der Waals surface area contributed by atoms with Crippen molar-refractivity contribution >= 4 is 23.7 Å². The van der Waals surface area contributed by atoms with Gasteiger partial charge in [-0.05, 0) is 18.8 Å². The summed E-state index contributed by atoms with van der Waals surface area (Å²) >= 11 is 1.53. The van der Waals surface area contributed by atoms with Gasteiger partial charge in [0.2, 0.25) is 5.91 Å². The fourth-order valence-electron chi connectivity index (χ4n) is 1.75. The van der Waals surface area contributed by atoms with Crippen LogP contribution in [0.15, 0.2) is 0 Å². The van der Waals surface area contributed by atoms with Gasteiger partial charge in [0.25, 0.3) is 0 Å². The normalized spacial score (nSPS) is 21.5. The zero-order valence-corrected chi connectivity index (χ0v) is 11.1. The summed E-state index contributed by atoms with van der Waals surface area (Å²) in [6, 6.07) is -0.793. The molecule has 98 valence electrons. The van der Waals surface area contributed by atoms with Gasteiger partial charge in [-0.1, -0.05) is 13.8 Å². The molecule has 0 saturated carbocycles. The van der Waals surface area contributed by atoms with Crippen molar-refractivity contribution in [1.29, 1.82) is 0 Å². The third-order valence-corrected chi connectivity index (χ3v) is 4.28. The van der Waals surface area contributed by atoms with Gasteiger partial charge >= 0.3 is 6.03 Å². The molecule has 1 rings (SSSR count). The highest BCUT2D eigenvalue weighted by molar-refractivity contribution is 8.00. The maximum atomic E-state index is 11.7. The minimum atomic E-state index is -0.793. The highest BCUT2D eigenvalue weighted by Gasteiger charge is 2.26. The molecule has 6 heteroatoms. The third kappa shape index (κ3) is 4.95. The topological polar surface area (TPSA) is 81.4 Å². The van der Waals surface area contributed by atoms with Gasteiger partial charge in [0.05, 0.1) is 11.4 Å². The predicted molar refractivity (Wildman–Crippen MR) is 67.8 cm³/mol. The summed E-state index contributed by atoms with van der Waals surface area (Å²) in [5, 5.41) is 1.88. The van der Waals surface area contributed by atoms with E-state index in [1.165, 1.54) is 11.8 Å². The van der Waals surface area contributed by atoms with E-state index in [9.17, 15) is 9.59 Å². The van der Waals surface area contributed by atoms with Gasteiger partial charge < -0.3 is 10.5 Å². The highest BCUT2D eigenvalue weighted by Crippen LogP contribution is 2.24. The largest absolute Gasteiger partial charge is 0.377 e. The fourth-order valence-corrected chi connectivity index (χ4v) is 3.03. The number of urea groups is 1. The van der Waals surface area contributed by atoms with E-state index in [4.69, 9.17) is 10.5 Å². The smallest absolute Gasteiger partial charge is 0.318 e. The van der Waals surface area contributed by atoms with Gasteiger partial charge in [-0.3, -0.25) is 10.1 Å². The number of hydrogen-bond donors (Lipinski definition) is 2. The highest BCUT2D eigenvalue weighted by atomic mass is 32.2. The average Bonchev–Trinajstić information content (AvgIpc) is 2.68. The first-order valence-electron chi connectivity index (χ1n) is 5.84. The van der Waals surface area contributed by atoms with Crippen molar-refractivity contribution in [2.75, 3.05) is 12.4 Å². The van der Waals surface area contributed by atoms with Gasteiger partial charge in [0.1, 0.15) is 0 Å². The second kappa shape index (κ2) is 6.86. The number of nitrogens with two attached hydrogens (primary N) is 1. The Hall–Kier alpha value is -0.750. The molecule has 0 radical (unpaired) electrons. The molecule has 0 aromatic rings. The Morgan fingerprint density at radius 2 is 2.24 bits per heavy atom. The molecule has 3 N–H and O–H groups in total. The number of rotatable bonds is 5. The van der Waals surface area contributed by atoms with Crippen LogP contribution in [-0.2, 0) is 9.53 Å². The van der Waals surface area contributed by atoms with E-state index in [1.54, 1.807) is 0 Å². The molecule has 17 heavy (non-hydrogen) atoms. The lowest BCUT2D eigenvalue weighted by Crippen LogP contribution is -2.42. The lowest BCUT2D eigenvalue weighted by atomic mass is 10.1. The van der Waals surface area contributed by atoms with Crippen molar-refractivity contribution in [2.45, 2.75) is 38.0 Å². The van der Waals surface area contributed by atoms with Crippen molar-refractivity contribution in [3.05, 3.63) is 0 Å². The molecule has 2 atom stereocenters. The number of nitrogens with one attached hydrogen (secondary N) is 1. The molecule has 5 nitrogen and oxygen atoms in total. The van der Waals surface area contributed by atoms with Gasteiger partial charge in [-0.2, -0.15) is 0 Å². The summed E-state index contributed by atoms with van der Waals surface area (Å²) in [6.07, 6.45) is 2.38. The average molecular weight is 260 g/mol. The summed E-state index contributed by atoms with van der Waals surface area (Å²) in [5.41, 5.74) is 4.94. The zero-order valence-electron chi connectivity index (χ0n) is 10.3. The molecule has 1 saturated heterocycles. The van der Waals surface area contributed by atoms with Crippen LogP contribution in [0.5, 0.6) is 0 Å². The molecule has 3 amide bonds. The minimum absolute atomic E-state index is 0.153. The number of ether oxygens (including phenoxy) is 1. The Morgan fingerprint density at radius 1 is 1.53 bits per heavy atom. The van der Waals surface area contributed by atoms with Crippen LogP contribution in [-0.4, -0.2) is 35.7 Å². The molecule has 1 aliphatic rings. The third-order valence-electron chi connectivity index (χ3n) is 2.60. The predicted octanol–water partition coefficient (Wildman–Crippen LogP) is 1.12. The maximum absolute atomic E-state index is 11.7. The first-order chi connectivity index (χ1) is 8.00. The Kier molecular flexibility index (Phi) is 5.77. The van der Waals surface area contributed by atoms with Crippen molar-refractivity contribution < 1.29 is 14.3 Å². The monoisotopic (exact) mass is 260 g/mol. The molecule has 0 spiro atoms. The number of carbonyl (C=O) groups is 2. The summed E-state index contributed by atoms with van der Waals surface area (Å²) < 4.78 is 5.50. The number of amides is 3. The van der Waals surface area contributed by atoms with Crippen LogP contribution >= 0.6 is 11.8 Å². The quantitative estimate of drug-likeness (QED) is 0.776. The van der Waals surface area contributed by atoms with E-state index in [0.717, 1.165) is 25.2 Å². The molecule has 0 unspecified atom stereocenters. The Morgan fingerprint density at radius 3 is 2.71 bits per heavy atom. The van der Waals surface area contributed by atoms with E-state index < -0.39 is 6.03 Å². The van der Waals surface area contributed by atoms with E-state index >= 15 is 0 Å². The van der Waals surface area contributed by atoms with Crippen LogP contribution in [0, 0.1) is 5.92 Å². The van der Waals surface area contributed by atoms with Crippen LogP contribution in [0.4, 0.5) is 4.79 Å². The van der Waals surface area contributed by atoms with E-state index in [0.29, 0.717) is 0 Å². The van der Waals surface area contributed by atoms with Gasteiger partial charge in [-0.15, -0.1) is 11.8 Å². The number of primary amides is 1. The van der Waals surface area contributed by atoms with E-state index in [2.05, 4.69) is 5.32 Å². The Bertz CT molecular complexity index is 278. The summed E-state index contributed by atoms with van der Waals surface area (Å²) in [4.78, 5) is 22.4. The first-order valence-corrected chi connectivity index (χ1v) is 6.89. The van der Waals surface area contributed by atoms with Crippen molar-refractivity contribution in [3.8, 4) is 0 Å². The van der Waals surface area contributed by atoms with Crippen LogP contribution in [0.3, 0.4) is 0 Å². The second-order valence-corrected chi connectivity index (χ2v) is 5.66. The zero-order chi connectivity index (χ0) is 12.8. The van der Waals surface area contributed by atoms with Gasteiger partial charge in [0, 0.05) is 12.4 Å². The number of carbonyl (C=O) groups excluding carboxylic acids is 2. The molecule has 0 aliphatic carbocycles. The van der Waals surface area contributed by atoms with Crippen LogP contribution < -0.4 is 11.1 Å². The lowest BCUT2D eigenvalue weighted by molar-refractivity contribution is -0.120. The molecular weight excluding hydrogens is 240 g/mol. The summed E-state index contributed by atoms with van der Waals surface area (Å²) in [5.74, 6) is 0.630. The minimum Gasteiger partial charge on any atom is -0.377 e. The molecule has 1 aliphatic heterocycles. The van der Waals surface area contributed by atoms with E-state index in [-0.39, 0.29) is 23.2 Å². The van der Waals surface area contributed by atoms with Crippen molar-refractivity contribution in [2.24, 2.45) is 11.7 Å². The molecule has 0 aromatic carbocycles. The molecule has 1 fully saturated rings. The number of thioether (sulfide) groups is 1. The maximum Gasteiger partial charge on any atom is 0.318 e. The van der Waals surface area contributed by atoms with Crippen LogP contribution in [0.1, 0.15) is 26.7 Å². The summed E-state index contributed by atoms with van der Waals surface area (Å²) in [7, 11) is 0. The molecule has 1 heterocycles. The number of imide groups is 1. The van der Waals surface area contributed by atoms with Crippen molar-refractivity contribution in [1.82, 2.24) is 5.32 Å². The van der Waals surface area contributed by atoms with Crippen LogP contribution in [0.2, 0.25) is 0 Å². The SMILES string of the molecule is CC(C)[C@H](SC[C@H]1CCCO1)C(=O)NC(N)=O. The molecular formula is C11H20N2O3S. The van der Waals surface area contributed by atoms with Gasteiger partial charge in [-0.25, -0.2) is 4.79 Å². The Labute approximate surface area is 106 Å². The Balaban J connectivity index is 2.41. The van der Waals surface area contributed by atoms with E-state index in [1.807, 2.05) is 13.8 Å². The van der Waals surface area contributed by atoms with Crippen molar-refractivity contribution in [3.63, 3.8) is 0 Å². The standard InChI is InChI=1S/C11H20N2O3S/c1-7(2)9(10(14)13-11(12)15)17-6-8-4-3-5-16-8/h7-9H,3-6H2,1-2H3,(H3,12,13,14,15)/t8-,9+/m1/s1. The number of hydrogen-bond acceptors (Lipinski definition) is 4. The fraction of sp³-hybridized carbons (Fsp3) is 0.818.